The average molecular weight is 258 g/mol. The van der Waals surface area contributed by atoms with E-state index in [1.54, 1.807) is 6.07 Å². The van der Waals surface area contributed by atoms with Crippen LogP contribution >= 0.6 is 0 Å². The minimum absolute atomic E-state index is 0.161. The van der Waals surface area contributed by atoms with E-state index < -0.39 is 0 Å². The fraction of sp³-hybridized carbons (Fsp3) is 0.250. The molecule has 2 rings (SSSR count). The predicted octanol–water partition coefficient (Wildman–Crippen LogP) is 3.31. The van der Waals surface area contributed by atoms with Crippen LogP contribution < -0.4 is 11.3 Å². The molecule has 1 unspecified atom stereocenters. The Morgan fingerprint density at radius 2 is 1.74 bits per heavy atom. The number of hydrazine groups is 1. The largest absolute Gasteiger partial charge is 0.271 e. The first-order chi connectivity index (χ1) is 9.05. The van der Waals surface area contributed by atoms with Gasteiger partial charge in [-0.25, -0.2) is 4.39 Å². The zero-order valence-electron chi connectivity index (χ0n) is 11.2. The third kappa shape index (κ3) is 2.83. The molecule has 0 heterocycles. The van der Waals surface area contributed by atoms with Gasteiger partial charge in [0, 0.05) is 5.41 Å². The van der Waals surface area contributed by atoms with Crippen LogP contribution in [0, 0.1) is 5.82 Å². The van der Waals surface area contributed by atoms with E-state index in [2.05, 4.69) is 31.4 Å². The van der Waals surface area contributed by atoms with Crippen LogP contribution in [0.15, 0.2) is 54.6 Å². The van der Waals surface area contributed by atoms with Crippen molar-refractivity contribution in [1.82, 2.24) is 5.43 Å². The summed E-state index contributed by atoms with van der Waals surface area (Å²) in [6.45, 7) is 4.19. The number of hydrogen-bond donors (Lipinski definition) is 2. The Kier molecular flexibility index (Phi) is 3.98. The van der Waals surface area contributed by atoms with Crippen LogP contribution in [0.1, 0.15) is 31.0 Å². The number of hydrogen-bond acceptors (Lipinski definition) is 2. The molecule has 1 atom stereocenters. The SMILES string of the molecule is CC(C)(c1ccccc1)C(NN)c1cccc(F)c1. The van der Waals surface area contributed by atoms with Crippen molar-refractivity contribution in [2.24, 2.45) is 5.84 Å². The second-order valence-electron chi connectivity index (χ2n) is 5.24. The second kappa shape index (κ2) is 5.51. The Balaban J connectivity index is 2.41. The number of rotatable bonds is 4. The minimum Gasteiger partial charge on any atom is -0.271 e. The van der Waals surface area contributed by atoms with Crippen LogP contribution in [0.2, 0.25) is 0 Å². The maximum atomic E-state index is 13.4. The molecule has 2 aromatic carbocycles. The Bertz CT molecular complexity index is 537. The molecule has 0 bridgehead atoms. The van der Waals surface area contributed by atoms with Gasteiger partial charge in [0.15, 0.2) is 0 Å². The molecule has 100 valence electrons. The summed E-state index contributed by atoms with van der Waals surface area (Å²) >= 11 is 0. The Morgan fingerprint density at radius 1 is 1.05 bits per heavy atom. The lowest BCUT2D eigenvalue weighted by Crippen LogP contribution is -2.41. The van der Waals surface area contributed by atoms with E-state index in [0.717, 1.165) is 11.1 Å². The van der Waals surface area contributed by atoms with Crippen LogP contribution in [-0.4, -0.2) is 0 Å². The number of halogens is 1. The summed E-state index contributed by atoms with van der Waals surface area (Å²) in [4.78, 5) is 0. The molecule has 0 saturated heterocycles. The van der Waals surface area contributed by atoms with Crippen LogP contribution in [0.5, 0.6) is 0 Å². The first kappa shape index (κ1) is 13.7. The summed E-state index contributed by atoms with van der Waals surface area (Å²) in [5.41, 5.74) is 4.57. The van der Waals surface area contributed by atoms with Crippen molar-refractivity contribution in [2.75, 3.05) is 0 Å². The van der Waals surface area contributed by atoms with Gasteiger partial charge < -0.3 is 0 Å². The average Bonchev–Trinajstić information content (AvgIpc) is 2.40. The lowest BCUT2D eigenvalue weighted by atomic mass is 9.75. The molecule has 0 saturated carbocycles. The third-order valence-electron chi connectivity index (χ3n) is 3.59. The molecule has 19 heavy (non-hydrogen) atoms. The zero-order chi connectivity index (χ0) is 13.9. The molecular formula is C16H19FN2. The fourth-order valence-electron chi connectivity index (χ4n) is 2.44. The molecule has 0 aliphatic carbocycles. The molecule has 0 aliphatic heterocycles. The van der Waals surface area contributed by atoms with E-state index in [4.69, 9.17) is 5.84 Å². The van der Waals surface area contributed by atoms with Gasteiger partial charge in [-0.1, -0.05) is 56.3 Å². The highest BCUT2D eigenvalue weighted by atomic mass is 19.1. The highest BCUT2D eigenvalue weighted by molar-refractivity contribution is 5.31. The summed E-state index contributed by atoms with van der Waals surface area (Å²) in [6, 6.07) is 16.5. The van der Waals surface area contributed by atoms with E-state index in [-0.39, 0.29) is 17.3 Å². The predicted molar refractivity (Wildman–Crippen MR) is 75.9 cm³/mol. The van der Waals surface area contributed by atoms with Crippen molar-refractivity contribution in [3.8, 4) is 0 Å². The number of benzene rings is 2. The van der Waals surface area contributed by atoms with Gasteiger partial charge in [-0.05, 0) is 23.3 Å². The van der Waals surface area contributed by atoms with Gasteiger partial charge in [-0.3, -0.25) is 11.3 Å². The molecule has 2 nitrogen and oxygen atoms in total. The van der Waals surface area contributed by atoms with Crippen molar-refractivity contribution in [1.29, 1.82) is 0 Å². The topological polar surface area (TPSA) is 38.0 Å². The maximum Gasteiger partial charge on any atom is 0.123 e. The lowest BCUT2D eigenvalue weighted by molar-refractivity contribution is 0.352. The molecule has 3 N–H and O–H groups in total. The molecule has 0 amide bonds. The van der Waals surface area contributed by atoms with Gasteiger partial charge in [0.05, 0.1) is 6.04 Å². The lowest BCUT2D eigenvalue weighted by Gasteiger charge is -2.35. The standard InChI is InChI=1S/C16H19FN2/c1-16(2,13-8-4-3-5-9-13)15(19-18)12-7-6-10-14(17)11-12/h3-11,15,19H,18H2,1-2H3. The van der Waals surface area contributed by atoms with E-state index in [1.807, 2.05) is 24.3 Å². The smallest absolute Gasteiger partial charge is 0.123 e. The van der Waals surface area contributed by atoms with Crippen LogP contribution in [0.4, 0.5) is 4.39 Å². The summed E-state index contributed by atoms with van der Waals surface area (Å²) < 4.78 is 13.4. The minimum atomic E-state index is -0.249. The number of nitrogens with two attached hydrogens (primary N) is 1. The van der Waals surface area contributed by atoms with Crippen molar-refractivity contribution in [3.05, 3.63) is 71.5 Å². The fourth-order valence-corrected chi connectivity index (χ4v) is 2.44. The molecule has 0 fully saturated rings. The highest BCUT2D eigenvalue weighted by Gasteiger charge is 2.31. The van der Waals surface area contributed by atoms with E-state index in [9.17, 15) is 4.39 Å². The molecule has 0 spiro atoms. The second-order valence-corrected chi connectivity index (χ2v) is 5.24. The highest BCUT2D eigenvalue weighted by Crippen LogP contribution is 2.36. The molecule has 2 aromatic rings. The van der Waals surface area contributed by atoms with Crippen molar-refractivity contribution in [3.63, 3.8) is 0 Å². The van der Waals surface area contributed by atoms with Gasteiger partial charge in [0.1, 0.15) is 5.82 Å². The van der Waals surface area contributed by atoms with Crippen LogP contribution in [0.3, 0.4) is 0 Å². The summed E-state index contributed by atoms with van der Waals surface area (Å²) in [7, 11) is 0. The normalized spacial score (nSPS) is 13.3. The summed E-state index contributed by atoms with van der Waals surface area (Å²) in [6.07, 6.45) is 0. The molecule has 0 aromatic heterocycles. The maximum absolute atomic E-state index is 13.4. The van der Waals surface area contributed by atoms with Crippen LogP contribution in [0.25, 0.3) is 0 Å². The Morgan fingerprint density at radius 3 is 2.32 bits per heavy atom. The van der Waals surface area contributed by atoms with Gasteiger partial charge >= 0.3 is 0 Å². The van der Waals surface area contributed by atoms with Crippen molar-refractivity contribution in [2.45, 2.75) is 25.3 Å². The van der Waals surface area contributed by atoms with E-state index in [1.165, 1.54) is 12.1 Å². The number of nitrogens with one attached hydrogen (secondary N) is 1. The van der Waals surface area contributed by atoms with Gasteiger partial charge in [0.25, 0.3) is 0 Å². The molecular weight excluding hydrogens is 239 g/mol. The monoisotopic (exact) mass is 258 g/mol. The Labute approximate surface area is 113 Å². The third-order valence-corrected chi connectivity index (χ3v) is 3.59. The first-order valence-electron chi connectivity index (χ1n) is 6.33. The molecule has 3 heteroatoms. The molecule has 0 aliphatic rings. The first-order valence-corrected chi connectivity index (χ1v) is 6.33. The van der Waals surface area contributed by atoms with E-state index >= 15 is 0 Å². The summed E-state index contributed by atoms with van der Waals surface area (Å²) in [5, 5.41) is 0. The summed E-state index contributed by atoms with van der Waals surface area (Å²) in [5.74, 6) is 5.46. The van der Waals surface area contributed by atoms with Crippen molar-refractivity contribution < 1.29 is 4.39 Å². The Hall–Kier alpha value is -1.71. The quantitative estimate of drug-likeness (QED) is 0.652. The van der Waals surface area contributed by atoms with Gasteiger partial charge in [0.2, 0.25) is 0 Å². The van der Waals surface area contributed by atoms with Crippen LogP contribution in [-0.2, 0) is 5.41 Å². The molecule has 0 radical (unpaired) electrons. The zero-order valence-corrected chi connectivity index (χ0v) is 11.2. The van der Waals surface area contributed by atoms with Crippen molar-refractivity contribution >= 4 is 0 Å². The van der Waals surface area contributed by atoms with Gasteiger partial charge in [-0.2, -0.15) is 0 Å². The van der Waals surface area contributed by atoms with Gasteiger partial charge in [-0.15, -0.1) is 0 Å². The van der Waals surface area contributed by atoms with E-state index in [0.29, 0.717) is 0 Å².